The van der Waals surface area contributed by atoms with Crippen molar-refractivity contribution < 1.29 is 24.3 Å². The van der Waals surface area contributed by atoms with Gasteiger partial charge >= 0.3 is 5.97 Å². The maximum atomic E-state index is 13.1. The number of aldehydes is 1. The van der Waals surface area contributed by atoms with Crippen molar-refractivity contribution in [3.05, 3.63) is 106 Å². The minimum absolute atomic E-state index is 0.135. The highest BCUT2D eigenvalue weighted by Crippen LogP contribution is 2.37. The average Bonchev–Trinajstić information content (AvgIpc) is 3.03. The Kier molecular flexibility index (Phi) is 9.42. The predicted molar refractivity (Wildman–Crippen MR) is 167 cm³/mol. The van der Waals surface area contributed by atoms with Crippen LogP contribution in [0.25, 0.3) is 11.1 Å². The molecule has 3 N–H and O–H groups in total. The number of nitrogens with one attached hydrogen (secondary N) is 2. The first-order valence-electron chi connectivity index (χ1n) is 14.1. The Morgan fingerprint density at radius 2 is 1.57 bits per heavy atom. The van der Waals surface area contributed by atoms with Crippen molar-refractivity contribution in [1.82, 2.24) is 14.9 Å². The summed E-state index contributed by atoms with van der Waals surface area (Å²) in [6.07, 6.45) is 6.06. The number of rotatable bonds is 9. The molecule has 11 heteroatoms. The number of nitrogens with zero attached hydrogens (tertiary/aromatic N) is 3. The molecule has 1 aliphatic rings. The topological polar surface area (TPSA) is 142 Å². The highest BCUT2D eigenvalue weighted by Gasteiger charge is 2.28. The summed E-state index contributed by atoms with van der Waals surface area (Å²) in [5, 5.41) is 15.5. The fraction of sp³-hybridized carbons (Fsp3) is 0.212. The lowest BCUT2D eigenvalue weighted by Gasteiger charge is -2.32. The first kappa shape index (κ1) is 30.5. The van der Waals surface area contributed by atoms with E-state index in [4.69, 9.17) is 11.6 Å². The van der Waals surface area contributed by atoms with E-state index in [0.29, 0.717) is 53.3 Å². The number of carbonyl (C=O) groups is 4. The van der Waals surface area contributed by atoms with Crippen LogP contribution in [0, 0.1) is 6.92 Å². The molecular weight excluding hydrogens is 582 g/mol. The lowest BCUT2D eigenvalue weighted by Crippen LogP contribution is -2.44. The van der Waals surface area contributed by atoms with Gasteiger partial charge in [-0.15, -0.1) is 0 Å². The zero-order valence-corrected chi connectivity index (χ0v) is 24.7. The highest BCUT2D eigenvalue weighted by molar-refractivity contribution is 6.36. The second-order valence-corrected chi connectivity index (χ2v) is 10.9. The van der Waals surface area contributed by atoms with Gasteiger partial charge in [0.25, 0.3) is 11.8 Å². The molecule has 5 rings (SSSR count). The quantitative estimate of drug-likeness (QED) is 0.200. The van der Waals surface area contributed by atoms with Crippen molar-refractivity contribution in [2.75, 3.05) is 17.2 Å². The van der Waals surface area contributed by atoms with E-state index in [1.807, 2.05) is 24.0 Å². The molecule has 1 saturated heterocycles. The van der Waals surface area contributed by atoms with Gasteiger partial charge < -0.3 is 15.7 Å². The van der Waals surface area contributed by atoms with Gasteiger partial charge in [0.05, 0.1) is 10.7 Å². The van der Waals surface area contributed by atoms with Crippen LogP contribution in [-0.2, 0) is 11.3 Å². The van der Waals surface area contributed by atoms with Crippen LogP contribution in [0.5, 0.6) is 0 Å². The second kappa shape index (κ2) is 13.6. The van der Waals surface area contributed by atoms with Crippen LogP contribution in [0.2, 0.25) is 5.02 Å². The van der Waals surface area contributed by atoms with E-state index >= 15 is 0 Å². The van der Waals surface area contributed by atoms with E-state index in [0.717, 1.165) is 29.5 Å². The van der Waals surface area contributed by atoms with E-state index in [2.05, 4.69) is 20.6 Å². The van der Waals surface area contributed by atoms with Gasteiger partial charge in [0.2, 0.25) is 0 Å². The Labute approximate surface area is 259 Å². The van der Waals surface area contributed by atoms with Crippen molar-refractivity contribution in [2.45, 2.75) is 38.8 Å². The number of aliphatic carboxylic acids is 1. The SMILES string of the molecule is Cc1c(NC(=O)c2ccc(CN3CCCCC3C(=O)O)cn2)cccc1-c1cccc(NC(=O)c2ccc(C=O)cn2)c1Cl. The first-order valence-corrected chi connectivity index (χ1v) is 14.5. The van der Waals surface area contributed by atoms with Crippen molar-refractivity contribution in [3.63, 3.8) is 0 Å². The number of hydrogen-bond donors (Lipinski definition) is 3. The zero-order chi connectivity index (χ0) is 31.2. The summed E-state index contributed by atoms with van der Waals surface area (Å²) >= 11 is 6.74. The van der Waals surface area contributed by atoms with Gasteiger partial charge in [0.15, 0.2) is 6.29 Å². The van der Waals surface area contributed by atoms with Gasteiger partial charge in [0, 0.05) is 35.8 Å². The maximum Gasteiger partial charge on any atom is 0.320 e. The van der Waals surface area contributed by atoms with Crippen LogP contribution in [0.4, 0.5) is 11.4 Å². The molecule has 0 aliphatic carbocycles. The van der Waals surface area contributed by atoms with Gasteiger partial charge in [-0.05, 0) is 73.3 Å². The molecular formula is C33H30ClN5O5. The van der Waals surface area contributed by atoms with Crippen LogP contribution in [-0.4, -0.2) is 56.6 Å². The minimum atomic E-state index is -0.816. The molecule has 44 heavy (non-hydrogen) atoms. The molecule has 224 valence electrons. The fourth-order valence-electron chi connectivity index (χ4n) is 5.23. The van der Waals surface area contributed by atoms with Gasteiger partial charge in [-0.3, -0.25) is 34.0 Å². The fourth-order valence-corrected chi connectivity index (χ4v) is 5.50. The number of piperidine rings is 1. The number of aromatic nitrogens is 2. The normalized spacial score (nSPS) is 14.9. The van der Waals surface area contributed by atoms with Crippen LogP contribution in [0.1, 0.15) is 61.7 Å². The Morgan fingerprint density at radius 1 is 0.909 bits per heavy atom. The summed E-state index contributed by atoms with van der Waals surface area (Å²) in [5.41, 5.74) is 4.69. The Hall–Kier alpha value is -4.93. The van der Waals surface area contributed by atoms with Gasteiger partial charge in [-0.1, -0.05) is 48.4 Å². The summed E-state index contributed by atoms with van der Waals surface area (Å²) in [6.45, 7) is 3.02. The summed E-state index contributed by atoms with van der Waals surface area (Å²) in [6, 6.07) is 16.6. The Morgan fingerprint density at radius 3 is 2.20 bits per heavy atom. The number of carbonyl (C=O) groups excluding carboxylic acids is 3. The molecule has 2 amide bonds. The second-order valence-electron chi connectivity index (χ2n) is 10.5. The van der Waals surface area contributed by atoms with Crippen LogP contribution < -0.4 is 10.6 Å². The minimum Gasteiger partial charge on any atom is -0.480 e. The van der Waals surface area contributed by atoms with Gasteiger partial charge in [-0.2, -0.15) is 0 Å². The van der Waals surface area contributed by atoms with Gasteiger partial charge in [-0.25, -0.2) is 0 Å². The number of amides is 2. The molecule has 0 bridgehead atoms. The number of pyridine rings is 2. The third-order valence-electron chi connectivity index (χ3n) is 7.62. The predicted octanol–water partition coefficient (Wildman–Crippen LogP) is 5.86. The number of anilines is 2. The molecule has 0 radical (unpaired) electrons. The van der Waals surface area contributed by atoms with Crippen molar-refractivity contribution in [2.24, 2.45) is 0 Å². The van der Waals surface area contributed by atoms with Crippen molar-refractivity contribution >= 4 is 47.0 Å². The first-order chi connectivity index (χ1) is 21.2. The third kappa shape index (κ3) is 6.82. The summed E-state index contributed by atoms with van der Waals surface area (Å²) in [4.78, 5) is 58.7. The zero-order valence-electron chi connectivity index (χ0n) is 23.9. The van der Waals surface area contributed by atoms with E-state index in [1.165, 1.54) is 18.3 Å². The largest absolute Gasteiger partial charge is 0.480 e. The lowest BCUT2D eigenvalue weighted by molar-refractivity contribution is -0.144. The van der Waals surface area contributed by atoms with E-state index < -0.39 is 23.8 Å². The molecule has 4 aromatic rings. The average molecular weight is 612 g/mol. The number of carboxylic acid groups (broad SMARTS) is 1. The smallest absolute Gasteiger partial charge is 0.320 e. The molecule has 1 unspecified atom stereocenters. The van der Waals surface area contributed by atoms with E-state index in [-0.39, 0.29) is 11.4 Å². The molecule has 0 saturated carbocycles. The molecule has 2 aromatic heterocycles. The highest BCUT2D eigenvalue weighted by atomic mass is 35.5. The molecule has 1 atom stereocenters. The van der Waals surface area contributed by atoms with Crippen molar-refractivity contribution in [1.29, 1.82) is 0 Å². The molecule has 1 fully saturated rings. The monoisotopic (exact) mass is 611 g/mol. The third-order valence-corrected chi connectivity index (χ3v) is 8.02. The summed E-state index contributed by atoms with van der Waals surface area (Å²) < 4.78 is 0. The number of benzene rings is 2. The number of carboxylic acids is 1. The number of likely N-dealkylation sites (tertiary alicyclic amines) is 1. The molecule has 3 heterocycles. The standard InChI is InChI=1S/C33H30ClN5O5/c1-20-23(24-7-5-9-26(30(24)34)38-32(42)28-14-12-22(19-40)17-36-28)6-4-8-25(20)37-31(41)27-13-11-21(16-35-27)18-39-15-3-2-10-29(39)33(43)44/h4-9,11-14,16-17,19,29H,2-3,10,15,18H2,1H3,(H,37,41)(H,38,42)(H,43,44). The number of halogens is 1. The van der Waals surface area contributed by atoms with Crippen LogP contribution >= 0.6 is 11.6 Å². The van der Waals surface area contributed by atoms with Crippen molar-refractivity contribution in [3.8, 4) is 11.1 Å². The maximum absolute atomic E-state index is 13.1. The summed E-state index contributed by atoms with van der Waals surface area (Å²) in [7, 11) is 0. The molecule has 1 aliphatic heterocycles. The lowest BCUT2D eigenvalue weighted by atomic mass is 9.98. The summed E-state index contributed by atoms with van der Waals surface area (Å²) in [5.74, 6) is -1.68. The Bertz CT molecular complexity index is 1710. The number of hydrogen-bond acceptors (Lipinski definition) is 7. The molecule has 0 spiro atoms. The Balaban J connectivity index is 1.29. The van der Waals surface area contributed by atoms with Crippen LogP contribution in [0.15, 0.2) is 73.1 Å². The van der Waals surface area contributed by atoms with E-state index in [1.54, 1.807) is 42.6 Å². The van der Waals surface area contributed by atoms with Crippen LogP contribution in [0.3, 0.4) is 0 Å². The molecule has 10 nitrogen and oxygen atoms in total. The van der Waals surface area contributed by atoms with Gasteiger partial charge in [0.1, 0.15) is 17.4 Å². The molecule has 2 aromatic carbocycles. The van der Waals surface area contributed by atoms with E-state index in [9.17, 15) is 24.3 Å².